The number of fused-ring (bicyclic) bond motifs is 1. The van der Waals surface area contributed by atoms with Crippen LogP contribution in [0.5, 0.6) is 0 Å². The molecule has 1 heterocycles. The second-order valence-corrected chi connectivity index (χ2v) is 6.31. The average molecular weight is 259 g/mol. The fourth-order valence-corrected chi connectivity index (χ4v) is 2.47. The third-order valence-electron chi connectivity index (χ3n) is 2.35. The van der Waals surface area contributed by atoms with Crippen molar-refractivity contribution in [2.75, 3.05) is 5.75 Å². The first-order chi connectivity index (χ1) is 7.52. The zero-order valence-corrected chi connectivity index (χ0v) is 10.3. The Bertz CT molecular complexity index is 613. The van der Waals surface area contributed by atoms with Gasteiger partial charge in [-0.1, -0.05) is 30.7 Å². The standard InChI is InChI=1S/C11H11ClO3S/c1-2-16(13,14)7-9-6-8-4-3-5-10(12)11(8)15-9/h3-6H,2,7H2,1H3. The molecule has 0 saturated carbocycles. The average Bonchev–Trinajstić information content (AvgIpc) is 2.61. The molecule has 5 heteroatoms. The van der Waals surface area contributed by atoms with Crippen molar-refractivity contribution >= 4 is 32.4 Å². The summed E-state index contributed by atoms with van der Waals surface area (Å²) in [4.78, 5) is 0. The highest BCUT2D eigenvalue weighted by molar-refractivity contribution is 7.90. The molecule has 0 N–H and O–H groups in total. The van der Waals surface area contributed by atoms with Gasteiger partial charge in [-0.3, -0.25) is 0 Å². The van der Waals surface area contributed by atoms with Gasteiger partial charge < -0.3 is 4.42 Å². The Kier molecular flexibility index (Phi) is 2.95. The summed E-state index contributed by atoms with van der Waals surface area (Å²) in [5, 5.41) is 1.33. The molecule has 0 atom stereocenters. The van der Waals surface area contributed by atoms with Crippen LogP contribution in [-0.4, -0.2) is 14.2 Å². The number of para-hydroxylation sites is 1. The molecule has 0 amide bonds. The second-order valence-electron chi connectivity index (χ2n) is 3.55. The normalized spacial score (nSPS) is 12.1. The molecule has 0 bridgehead atoms. The molecule has 16 heavy (non-hydrogen) atoms. The maximum Gasteiger partial charge on any atom is 0.157 e. The van der Waals surface area contributed by atoms with Gasteiger partial charge in [-0.15, -0.1) is 0 Å². The molecule has 86 valence electrons. The highest BCUT2D eigenvalue weighted by atomic mass is 35.5. The van der Waals surface area contributed by atoms with E-state index in [4.69, 9.17) is 16.0 Å². The molecular weight excluding hydrogens is 248 g/mol. The summed E-state index contributed by atoms with van der Waals surface area (Å²) in [6, 6.07) is 7.07. The van der Waals surface area contributed by atoms with Crippen LogP contribution in [0.3, 0.4) is 0 Å². The zero-order chi connectivity index (χ0) is 11.8. The number of hydrogen-bond acceptors (Lipinski definition) is 3. The van der Waals surface area contributed by atoms with Crippen molar-refractivity contribution in [3.05, 3.63) is 35.0 Å². The number of furan rings is 1. The Balaban J connectivity index is 2.45. The lowest BCUT2D eigenvalue weighted by molar-refractivity contribution is 0.555. The molecule has 0 saturated heterocycles. The Hall–Kier alpha value is -1.00. The van der Waals surface area contributed by atoms with Crippen LogP contribution in [0.15, 0.2) is 28.7 Å². The third kappa shape index (κ3) is 2.23. The summed E-state index contributed by atoms with van der Waals surface area (Å²) >= 11 is 5.93. The minimum absolute atomic E-state index is 0.0749. The van der Waals surface area contributed by atoms with Gasteiger partial charge in [-0.2, -0.15) is 0 Å². The Morgan fingerprint density at radius 3 is 2.75 bits per heavy atom. The number of benzene rings is 1. The topological polar surface area (TPSA) is 47.3 Å². The molecule has 0 spiro atoms. The van der Waals surface area contributed by atoms with Gasteiger partial charge in [0, 0.05) is 11.1 Å². The largest absolute Gasteiger partial charge is 0.458 e. The van der Waals surface area contributed by atoms with Crippen LogP contribution in [-0.2, 0) is 15.6 Å². The molecule has 0 radical (unpaired) electrons. The Morgan fingerprint density at radius 2 is 2.12 bits per heavy atom. The van der Waals surface area contributed by atoms with Crippen LogP contribution in [0.25, 0.3) is 11.0 Å². The molecule has 1 aromatic carbocycles. The molecule has 0 unspecified atom stereocenters. The van der Waals surface area contributed by atoms with E-state index < -0.39 is 9.84 Å². The van der Waals surface area contributed by atoms with Gasteiger partial charge in [0.25, 0.3) is 0 Å². The maximum absolute atomic E-state index is 11.4. The van der Waals surface area contributed by atoms with E-state index in [0.717, 1.165) is 5.39 Å². The highest BCUT2D eigenvalue weighted by Gasteiger charge is 2.14. The van der Waals surface area contributed by atoms with Gasteiger partial charge in [0.2, 0.25) is 0 Å². The third-order valence-corrected chi connectivity index (χ3v) is 4.25. The summed E-state index contributed by atoms with van der Waals surface area (Å²) < 4.78 is 28.3. The lowest BCUT2D eigenvalue weighted by atomic mass is 10.2. The van der Waals surface area contributed by atoms with Crippen molar-refractivity contribution in [2.24, 2.45) is 0 Å². The van der Waals surface area contributed by atoms with Crippen LogP contribution in [0.4, 0.5) is 0 Å². The summed E-state index contributed by atoms with van der Waals surface area (Å²) in [5.74, 6) is 0.469. The van der Waals surface area contributed by atoms with Crippen molar-refractivity contribution in [1.29, 1.82) is 0 Å². The van der Waals surface area contributed by atoms with Crippen molar-refractivity contribution in [3.63, 3.8) is 0 Å². The van der Waals surface area contributed by atoms with E-state index >= 15 is 0 Å². The molecule has 0 aliphatic rings. The fraction of sp³-hybridized carbons (Fsp3) is 0.273. The van der Waals surface area contributed by atoms with E-state index in [-0.39, 0.29) is 11.5 Å². The van der Waals surface area contributed by atoms with Crippen LogP contribution in [0.2, 0.25) is 5.02 Å². The number of rotatable bonds is 3. The van der Waals surface area contributed by atoms with Crippen molar-refractivity contribution in [1.82, 2.24) is 0 Å². The molecule has 0 aliphatic carbocycles. The van der Waals surface area contributed by atoms with E-state index in [1.54, 1.807) is 25.1 Å². The first-order valence-corrected chi connectivity index (χ1v) is 7.09. The lowest BCUT2D eigenvalue weighted by Gasteiger charge is -1.96. The van der Waals surface area contributed by atoms with E-state index in [1.165, 1.54) is 0 Å². The quantitative estimate of drug-likeness (QED) is 0.850. The number of hydrogen-bond donors (Lipinski definition) is 0. The Labute approximate surface area is 98.9 Å². The first kappa shape index (κ1) is 11.5. The Morgan fingerprint density at radius 1 is 1.38 bits per heavy atom. The van der Waals surface area contributed by atoms with E-state index in [2.05, 4.69) is 0 Å². The molecule has 1 aromatic heterocycles. The molecule has 0 fully saturated rings. The van der Waals surface area contributed by atoms with Gasteiger partial charge in [-0.25, -0.2) is 8.42 Å². The summed E-state index contributed by atoms with van der Waals surface area (Å²) in [7, 11) is -3.07. The van der Waals surface area contributed by atoms with Crippen LogP contribution in [0.1, 0.15) is 12.7 Å². The first-order valence-electron chi connectivity index (χ1n) is 4.89. The van der Waals surface area contributed by atoms with Crippen molar-refractivity contribution in [2.45, 2.75) is 12.7 Å². The van der Waals surface area contributed by atoms with Crippen LogP contribution >= 0.6 is 11.6 Å². The summed E-state index contributed by atoms with van der Waals surface area (Å²) in [6.07, 6.45) is 0. The fourth-order valence-electron chi connectivity index (χ4n) is 1.47. The SMILES string of the molecule is CCS(=O)(=O)Cc1cc2cccc(Cl)c2o1. The van der Waals surface area contributed by atoms with E-state index in [1.807, 2.05) is 6.07 Å². The lowest BCUT2D eigenvalue weighted by Crippen LogP contribution is -2.05. The predicted octanol–water partition coefficient (Wildman–Crippen LogP) is 3.02. The molecule has 0 aliphatic heterocycles. The van der Waals surface area contributed by atoms with Gasteiger partial charge in [0.15, 0.2) is 15.4 Å². The zero-order valence-electron chi connectivity index (χ0n) is 8.73. The minimum atomic E-state index is -3.07. The highest BCUT2D eigenvalue weighted by Crippen LogP contribution is 2.27. The molecule has 2 aromatic rings. The van der Waals surface area contributed by atoms with Gasteiger partial charge in [0.05, 0.1) is 5.02 Å². The van der Waals surface area contributed by atoms with Gasteiger partial charge in [0.1, 0.15) is 11.5 Å². The van der Waals surface area contributed by atoms with Gasteiger partial charge >= 0.3 is 0 Å². The molecule has 2 rings (SSSR count). The van der Waals surface area contributed by atoms with Crippen molar-refractivity contribution < 1.29 is 12.8 Å². The number of sulfone groups is 1. The predicted molar refractivity (Wildman–Crippen MR) is 64.4 cm³/mol. The van der Waals surface area contributed by atoms with Crippen LogP contribution in [0, 0.1) is 0 Å². The summed E-state index contributed by atoms with van der Waals surface area (Å²) in [5.41, 5.74) is 0.547. The number of halogens is 1. The van der Waals surface area contributed by atoms with E-state index in [9.17, 15) is 8.42 Å². The second kappa shape index (κ2) is 4.11. The van der Waals surface area contributed by atoms with Crippen LogP contribution < -0.4 is 0 Å². The molecule has 3 nitrogen and oxygen atoms in total. The monoisotopic (exact) mass is 258 g/mol. The van der Waals surface area contributed by atoms with Gasteiger partial charge in [-0.05, 0) is 12.1 Å². The maximum atomic E-state index is 11.4. The van der Waals surface area contributed by atoms with Crippen molar-refractivity contribution in [3.8, 4) is 0 Å². The smallest absolute Gasteiger partial charge is 0.157 e. The molecular formula is C11H11ClO3S. The summed E-state index contributed by atoms with van der Waals surface area (Å²) in [6.45, 7) is 1.62. The minimum Gasteiger partial charge on any atom is -0.458 e. The van der Waals surface area contributed by atoms with E-state index in [0.29, 0.717) is 16.4 Å².